The maximum Gasteiger partial charge on any atom is 0.408 e. The third-order valence-electron chi connectivity index (χ3n) is 6.67. The van der Waals surface area contributed by atoms with Gasteiger partial charge >= 0.3 is 12.1 Å². The minimum Gasteiger partial charge on any atom is -0.462 e. The Bertz CT molecular complexity index is 960. The summed E-state index contributed by atoms with van der Waals surface area (Å²) < 4.78 is 10.9. The summed E-state index contributed by atoms with van der Waals surface area (Å²) in [6.45, 7) is 1.54. The molecule has 0 aromatic heterocycles. The third kappa shape index (κ3) is 8.89. The van der Waals surface area contributed by atoms with Crippen molar-refractivity contribution < 1.29 is 33.8 Å². The summed E-state index contributed by atoms with van der Waals surface area (Å²) in [5.74, 6) is -1.82. The van der Waals surface area contributed by atoms with Gasteiger partial charge in [0.1, 0.15) is 19.3 Å². The first-order valence-electron chi connectivity index (χ1n) is 12.8. The molecule has 1 heterocycles. The SMILES string of the molecule is CC(CO)NC(=O)CC1CC=CCC(NC(=O)OCc2ccccc2)C(=O)OCC2(CCCC2)NC1=O. The van der Waals surface area contributed by atoms with E-state index in [1.54, 1.807) is 19.1 Å². The van der Waals surface area contributed by atoms with Crippen molar-refractivity contribution in [2.75, 3.05) is 13.2 Å². The highest BCUT2D eigenvalue weighted by Gasteiger charge is 2.39. The molecule has 1 aromatic rings. The number of esters is 1. The first-order valence-corrected chi connectivity index (χ1v) is 12.8. The number of nitrogens with one attached hydrogen (secondary N) is 3. The Labute approximate surface area is 217 Å². The molecule has 1 aliphatic heterocycles. The van der Waals surface area contributed by atoms with E-state index in [0.29, 0.717) is 12.8 Å². The van der Waals surface area contributed by atoms with Gasteiger partial charge in [0.15, 0.2) is 0 Å². The molecular formula is C27H37N3O7. The van der Waals surface area contributed by atoms with Gasteiger partial charge in [0.2, 0.25) is 11.8 Å². The molecule has 1 aliphatic carbocycles. The van der Waals surface area contributed by atoms with Crippen molar-refractivity contribution in [3.63, 3.8) is 0 Å². The number of rotatable bonds is 7. The lowest BCUT2D eigenvalue weighted by Crippen LogP contribution is -2.53. The van der Waals surface area contributed by atoms with Crippen LogP contribution in [0.2, 0.25) is 0 Å². The van der Waals surface area contributed by atoms with Gasteiger partial charge in [0.25, 0.3) is 0 Å². The summed E-state index contributed by atoms with van der Waals surface area (Å²) >= 11 is 0. The summed E-state index contributed by atoms with van der Waals surface area (Å²) in [6.07, 6.45) is 6.13. The molecule has 2 aliphatic rings. The van der Waals surface area contributed by atoms with Crippen LogP contribution < -0.4 is 16.0 Å². The summed E-state index contributed by atoms with van der Waals surface area (Å²) in [5.41, 5.74) is 0.113. The molecule has 0 bridgehead atoms. The summed E-state index contributed by atoms with van der Waals surface area (Å²) in [5, 5.41) is 17.5. The molecule has 1 fully saturated rings. The van der Waals surface area contributed by atoms with Crippen LogP contribution >= 0.6 is 0 Å². The van der Waals surface area contributed by atoms with Gasteiger partial charge in [0, 0.05) is 12.5 Å². The topological polar surface area (TPSA) is 143 Å². The number of hydrogen-bond donors (Lipinski definition) is 4. The van der Waals surface area contributed by atoms with Gasteiger partial charge in [-0.05, 0) is 38.2 Å². The number of alkyl carbamates (subject to hydrolysis) is 1. The van der Waals surface area contributed by atoms with Crippen LogP contribution in [0.25, 0.3) is 0 Å². The Morgan fingerprint density at radius 3 is 2.57 bits per heavy atom. The molecule has 4 N–H and O–H groups in total. The normalized spacial score (nSPS) is 22.6. The zero-order chi connectivity index (χ0) is 26.7. The lowest BCUT2D eigenvalue weighted by molar-refractivity contribution is -0.149. The molecule has 3 atom stereocenters. The van der Waals surface area contributed by atoms with Crippen LogP contribution in [0.5, 0.6) is 0 Å². The predicted octanol–water partition coefficient (Wildman–Crippen LogP) is 2.11. The van der Waals surface area contributed by atoms with Crippen molar-refractivity contribution in [1.82, 2.24) is 16.0 Å². The molecule has 202 valence electrons. The number of aliphatic hydroxyl groups is 1. The number of carbonyl (C=O) groups excluding carboxylic acids is 4. The fraction of sp³-hybridized carbons (Fsp3) is 0.556. The first-order chi connectivity index (χ1) is 17.8. The second kappa shape index (κ2) is 13.8. The zero-order valence-corrected chi connectivity index (χ0v) is 21.2. The molecule has 10 heteroatoms. The Balaban J connectivity index is 1.69. The first kappa shape index (κ1) is 28.2. The summed E-state index contributed by atoms with van der Waals surface area (Å²) in [4.78, 5) is 50.9. The number of aliphatic hydroxyl groups excluding tert-OH is 1. The molecule has 37 heavy (non-hydrogen) atoms. The van der Waals surface area contributed by atoms with E-state index in [1.165, 1.54) is 0 Å². The standard InChI is InChI=1S/C27H37N3O7/c1-19(16-31)28-23(32)15-21-11-5-6-12-22(29-26(35)36-17-20-9-3-2-4-10-20)25(34)37-18-27(30-24(21)33)13-7-8-14-27/h2-6,9-10,19,21-22,31H,7-8,11-18H2,1H3,(H,28,32)(H,29,35)(H,30,33). The van der Waals surface area contributed by atoms with Gasteiger partial charge < -0.3 is 30.5 Å². The highest BCUT2D eigenvalue weighted by atomic mass is 16.6. The van der Waals surface area contributed by atoms with Gasteiger partial charge in [-0.15, -0.1) is 0 Å². The smallest absolute Gasteiger partial charge is 0.408 e. The number of ether oxygens (including phenoxy) is 2. The Hall–Kier alpha value is -3.40. The highest BCUT2D eigenvalue weighted by molar-refractivity contribution is 5.86. The van der Waals surface area contributed by atoms with E-state index in [0.717, 1.165) is 18.4 Å². The fourth-order valence-corrected chi connectivity index (χ4v) is 4.53. The average molecular weight is 516 g/mol. The number of allylic oxidation sites excluding steroid dienone is 1. The third-order valence-corrected chi connectivity index (χ3v) is 6.67. The molecule has 1 spiro atoms. The van der Waals surface area contributed by atoms with Crippen LogP contribution in [-0.4, -0.2) is 59.8 Å². The second-order valence-corrected chi connectivity index (χ2v) is 9.84. The number of cyclic esters (lactones) is 1. The minimum absolute atomic E-state index is 0.0149. The zero-order valence-electron chi connectivity index (χ0n) is 21.2. The summed E-state index contributed by atoms with van der Waals surface area (Å²) in [6, 6.07) is 7.84. The van der Waals surface area contributed by atoms with E-state index in [9.17, 15) is 24.3 Å². The quantitative estimate of drug-likeness (QED) is 0.322. The average Bonchev–Trinajstić information content (AvgIpc) is 3.35. The number of carbonyl (C=O) groups is 4. The van der Waals surface area contributed by atoms with Crippen molar-refractivity contribution in [2.24, 2.45) is 5.92 Å². The van der Waals surface area contributed by atoms with Crippen LogP contribution in [0.1, 0.15) is 57.4 Å². The predicted molar refractivity (Wildman–Crippen MR) is 135 cm³/mol. The number of benzene rings is 1. The summed E-state index contributed by atoms with van der Waals surface area (Å²) in [7, 11) is 0. The van der Waals surface area contributed by atoms with Gasteiger partial charge in [-0.1, -0.05) is 55.3 Å². The molecule has 1 aromatic carbocycles. The molecule has 3 unspecified atom stereocenters. The lowest BCUT2D eigenvalue weighted by atomic mass is 9.93. The van der Waals surface area contributed by atoms with Crippen molar-refractivity contribution in [3.8, 4) is 0 Å². The van der Waals surface area contributed by atoms with Gasteiger partial charge in [-0.2, -0.15) is 0 Å². The largest absolute Gasteiger partial charge is 0.462 e. The monoisotopic (exact) mass is 515 g/mol. The van der Waals surface area contributed by atoms with Gasteiger partial charge in [-0.3, -0.25) is 9.59 Å². The van der Waals surface area contributed by atoms with Crippen LogP contribution in [-0.2, 0) is 30.5 Å². The van der Waals surface area contributed by atoms with Crippen molar-refractivity contribution in [2.45, 2.75) is 76.1 Å². The van der Waals surface area contributed by atoms with Gasteiger partial charge in [0.05, 0.1) is 18.1 Å². The minimum atomic E-state index is -0.958. The molecule has 10 nitrogen and oxygen atoms in total. The molecule has 0 radical (unpaired) electrons. The lowest BCUT2D eigenvalue weighted by Gasteiger charge is -2.32. The van der Waals surface area contributed by atoms with E-state index in [2.05, 4.69) is 16.0 Å². The second-order valence-electron chi connectivity index (χ2n) is 9.84. The van der Waals surface area contributed by atoms with E-state index in [-0.39, 0.29) is 50.9 Å². The number of amides is 3. The highest BCUT2D eigenvalue weighted by Crippen LogP contribution is 2.31. The van der Waals surface area contributed by atoms with Crippen LogP contribution in [0, 0.1) is 5.92 Å². The fourth-order valence-electron chi connectivity index (χ4n) is 4.53. The van der Waals surface area contributed by atoms with Crippen molar-refractivity contribution in [3.05, 3.63) is 48.0 Å². The van der Waals surface area contributed by atoms with Gasteiger partial charge in [-0.25, -0.2) is 9.59 Å². The molecule has 3 rings (SSSR count). The molecule has 3 amide bonds. The molecule has 0 saturated heterocycles. The maximum absolute atomic E-state index is 13.2. The Kier molecular flexibility index (Phi) is 10.5. The Morgan fingerprint density at radius 2 is 1.86 bits per heavy atom. The van der Waals surface area contributed by atoms with Crippen LogP contribution in [0.15, 0.2) is 42.5 Å². The molecule has 1 saturated carbocycles. The van der Waals surface area contributed by atoms with E-state index in [1.807, 2.05) is 30.3 Å². The van der Waals surface area contributed by atoms with E-state index >= 15 is 0 Å². The van der Waals surface area contributed by atoms with Crippen LogP contribution in [0.3, 0.4) is 0 Å². The van der Waals surface area contributed by atoms with Crippen LogP contribution in [0.4, 0.5) is 4.79 Å². The van der Waals surface area contributed by atoms with E-state index < -0.39 is 35.6 Å². The molecular weight excluding hydrogens is 478 g/mol. The van der Waals surface area contributed by atoms with Crippen molar-refractivity contribution >= 4 is 23.9 Å². The van der Waals surface area contributed by atoms with Crippen molar-refractivity contribution in [1.29, 1.82) is 0 Å². The number of hydrogen-bond acceptors (Lipinski definition) is 7. The Morgan fingerprint density at radius 1 is 1.16 bits per heavy atom. The maximum atomic E-state index is 13.2. The van der Waals surface area contributed by atoms with E-state index in [4.69, 9.17) is 9.47 Å².